The first-order valence-electron chi connectivity index (χ1n) is 10.1. The highest BCUT2D eigenvalue weighted by Gasteiger charge is 2.41. The molecule has 3 amide bonds. The largest absolute Gasteiger partial charge is 0.508 e. The summed E-state index contributed by atoms with van der Waals surface area (Å²) in [4.78, 5) is 39.6. The SMILES string of the molecule is CC(=O)NCCC(=O)N1CCC2(CC1)CN(C(=O)Cc1ccc(O)cc1)CCO2. The van der Waals surface area contributed by atoms with Crippen LogP contribution in [0.3, 0.4) is 0 Å². The van der Waals surface area contributed by atoms with E-state index in [1.165, 1.54) is 6.92 Å². The van der Waals surface area contributed by atoms with Gasteiger partial charge in [-0.3, -0.25) is 14.4 Å². The minimum absolute atomic E-state index is 0.0321. The van der Waals surface area contributed by atoms with E-state index >= 15 is 0 Å². The minimum Gasteiger partial charge on any atom is -0.508 e. The molecule has 2 heterocycles. The molecule has 0 saturated carbocycles. The zero-order valence-corrected chi connectivity index (χ0v) is 16.9. The maximum Gasteiger partial charge on any atom is 0.227 e. The number of nitrogens with one attached hydrogen (secondary N) is 1. The predicted molar refractivity (Wildman–Crippen MR) is 106 cm³/mol. The van der Waals surface area contributed by atoms with Gasteiger partial charge in [0.05, 0.1) is 18.6 Å². The third-order valence-electron chi connectivity index (χ3n) is 5.63. The number of hydrogen-bond donors (Lipinski definition) is 2. The van der Waals surface area contributed by atoms with E-state index in [1.807, 2.05) is 9.80 Å². The lowest BCUT2D eigenvalue weighted by molar-refractivity contribution is -0.162. The molecule has 0 bridgehead atoms. The first-order chi connectivity index (χ1) is 13.9. The van der Waals surface area contributed by atoms with E-state index in [2.05, 4.69) is 5.32 Å². The van der Waals surface area contributed by atoms with Crippen LogP contribution in [0.4, 0.5) is 0 Å². The van der Waals surface area contributed by atoms with Gasteiger partial charge in [0.15, 0.2) is 0 Å². The molecule has 1 aromatic carbocycles. The van der Waals surface area contributed by atoms with Crippen LogP contribution in [0.15, 0.2) is 24.3 Å². The molecule has 2 aliphatic heterocycles. The number of likely N-dealkylation sites (tertiary alicyclic amines) is 1. The first-order valence-corrected chi connectivity index (χ1v) is 10.1. The summed E-state index contributed by atoms with van der Waals surface area (Å²) in [5, 5.41) is 12.0. The average Bonchev–Trinajstić information content (AvgIpc) is 2.70. The molecule has 2 fully saturated rings. The van der Waals surface area contributed by atoms with Crippen molar-refractivity contribution in [1.82, 2.24) is 15.1 Å². The molecule has 2 aliphatic rings. The molecule has 3 rings (SSSR count). The Balaban J connectivity index is 1.50. The van der Waals surface area contributed by atoms with Crippen molar-refractivity contribution in [3.05, 3.63) is 29.8 Å². The third-order valence-corrected chi connectivity index (χ3v) is 5.63. The Bertz CT molecular complexity index is 741. The summed E-state index contributed by atoms with van der Waals surface area (Å²) in [6, 6.07) is 6.69. The normalized spacial score (nSPS) is 18.5. The van der Waals surface area contributed by atoms with E-state index < -0.39 is 5.60 Å². The summed E-state index contributed by atoms with van der Waals surface area (Å²) in [6.07, 6.45) is 1.98. The van der Waals surface area contributed by atoms with Crippen molar-refractivity contribution in [2.45, 2.75) is 38.2 Å². The van der Waals surface area contributed by atoms with Gasteiger partial charge in [-0.25, -0.2) is 0 Å². The highest BCUT2D eigenvalue weighted by molar-refractivity contribution is 5.79. The van der Waals surface area contributed by atoms with Crippen LogP contribution in [0, 0.1) is 0 Å². The summed E-state index contributed by atoms with van der Waals surface area (Å²) in [6.45, 7) is 4.58. The van der Waals surface area contributed by atoms with Crippen LogP contribution < -0.4 is 5.32 Å². The Morgan fingerprint density at radius 1 is 1.07 bits per heavy atom. The standard InChI is InChI=1S/C21H29N3O5/c1-16(25)22-9-6-19(27)23-10-7-21(8-11-23)15-24(12-13-29-21)20(28)14-17-2-4-18(26)5-3-17/h2-5,26H,6-15H2,1H3,(H,22,25). The Morgan fingerprint density at radius 3 is 2.41 bits per heavy atom. The fourth-order valence-corrected chi connectivity index (χ4v) is 3.93. The number of nitrogens with zero attached hydrogens (tertiary/aromatic N) is 2. The number of hydrogen-bond acceptors (Lipinski definition) is 5. The Labute approximate surface area is 170 Å². The molecule has 2 saturated heterocycles. The summed E-state index contributed by atoms with van der Waals surface area (Å²) in [7, 11) is 0. The molecule has 8 heteroatoms. The summed E-state index contributed by atoms with van der Waals surface area (Å²) in [5.41, 5.74) is 0.477. The summed E-state index contributed by atoms with van der Waals surface area (Å²) < 4.78 is 6.07. The maximum atomic E-state index is 12.7. The van der Waals surface area contributed by atoms with Gasteiger partial charge < -0.3 is 25.0 Å². The lowest BCUT2D eigenvalue weighted by atomic mass is 9.89. The number of rotatable bonds is 5. The smallest absolute Gasteiger partial charge is 0.227 e. The van der Waals surface area contributed by atoms with E-state index in [1.54, 1.807) is 24.3 Å². The molecular formula is C21H29N3O5. The van der Waals surface area contributed by atoms with E-state index in [0.29, 0.717) is 65.0 Å². The number of phenolic OH excluding ortho intramolecular Hbond substituents is 1. The number of benzene rings is 1. The molecule has 1 spiro atoms. The molecule has 29 heavy (non-hydrogen) atoms. The van der Waals surface area contributed by atoms with Crippen LogP contribution in [0.5, 0.6) is 5.75 Å². The average molecular weight is 403 g/mol. The fraction of sp³-hybridized carbons (Fsp3) is 0.571. The molecule has 0 unspecified atom stereocenters. The Hall–Kier alpha value is -2.61. The topological polar surface area (TPSA) is 99.2 Å². The van der Waals surface area contributed by atoms with Gasteiger partial charge in [0.1, 0.15) is 5.75 Å². The maximum absolute atomic E-state index is 12.7. The zero-order valence-electron chi connectivity index (χ0n) is 16.9. The van der Waals surface area contributed by atoms with Crippen molar-refractivity contribution in [2.24, 2.45) is 0 Å². The molecule has 0 aromatic heterocycles. The second-order valence-electron chi connectivity index (χ2n) is 7.80. The molecule has 158 valence electrons. The first kappa shape index (κ1) is 21.1. The van der Waals surface area contributed by atoms with Gasteiger partial charge in [-0.1, -0.05) is 12.1 Å². The quantitative estimate of drug-likeness (QED) is 0.753. The van der Waals surface area contributed by atoms with Crippen molar-refractivity contribution in [3.8, 4) is 5.75 Å². The number of morpholine rings is 1. The Kier molecular flexibility index (Phi) is 6.74. The highest BCUT2D eigenvalue weighted by atomic mass is 16.5. The highest BCUT2D eigenvalue weighted by Crippen LogP contribution is 2.30. The van der Waals surface area contributed by atoms with Crippen LogP contribution in [0.2, 0.25) is 0 Å². The number of carbonyl (C=O) groups is 3. The van der Waals surface area contributed by atoms with Gasteiger partial charge >= 0.3 is 0 Å². The van der Waals surface area contributed by atoms with Gasteiger partial charge in [-0.2, -0.15) is 0 Å². The Morgan fingerprint density at radius 2 is 1.76 bits per heavy atom. The fourth-order valence-electron chi connectivity index (χ4n) is 3.93. The second kappa shape index (κ2) is 9.26. The van der Waals surface area contributed by atoms with Gasteiger partial charge in [0, 0.05) is 46.1 Å². The molecule has 0 atom stereocenters. The number of phenols is 1. The zero-order chi connectivity index (χ0) is 20.9. The number of ether oxygens (including phenoxy) is 1. The van der Waals surface area contributed by atoms with Crippen molar-refractivity contribution in [2.75, 3.05) is 39.3 Å². The van der Waals surface area contributed by atoms with Gasteiger partial charge in [0.2, 0.25) is 17.7 Å². The minimum atomic E-state index is -0.392. The summed E-state index contributed by atoms with van der Waals surface area (Å²) >= 11 is 0. The van der Waals surface area contributed by atoms with Crippen LogP contribution >= 0.6 is 0 Å². The number of aromatic hydroxyl groups is 1. The van der Waals surface area contributed by atoms with Crippen molar-refractivity contribution in [3.63, 3.8) is 0 Å². The molecular weight excluding hydrogens is 374 g/mol. The van der Waals surface area contributed by atoms with Gasteiger partial charge in [-0.05, 0) is 30.5 Å². The van der Waals surface area contributed by atoms with Crippen molar-refractivity contribution in [1.29, 1.82) is 0 Å². The third kappa shape index (κ3) is 5.69. The lowest BCUT2D eigenvalue weighted by Crippen LogP contribution is -2.58. The second-order valence-corrected chi connectivity index (χ2v) is 7.80. The summed E-state index contributed by atoms with van der Waals surface area (Å²) in [5.74, 6) is 0.129. The number of amides is 3. The predicted octanol–water partition coefficient (Wildman–Crippen LogP) is 0.681. The molecule has 0 radical (unpaired) electrons. The van der Waals surface area contributed by atoms with E-state index in [9.17, 15) is 19.5 Å². The van der Waals surface area contributed by atoms with E-state index in [0.717, 1.165) is 5.56 Å². The van der Waals surface area contributed by atoms with Crippen molar-refractivity contribution >= 4 is 17.7 Å². The van der Waals surface area contributed by atoms with E-state index in [-0.39, 0.29) is 23.5 Å². The number of carbonyl (C=O) groups excluding carboxylic acids is 3. The monoisotopic (exact) mass is 403 g/mol. The molecule has 2 N–H and O–H groups in total. The van der Waals surface area contributed by atoms with Crippen LogP contribution in [0.1, 0.15) is 31.7 Å². The van der Waals surface area contributed by atoms with Crippen molar-refractivity contribution < 1.29 is 24.2 Å². The lowest BCUT2D eigenvalue weighted by Gasteiger charge is -2.47. The van der Waals surface area contributed by atoms with Gasteiger partial charge in [-0.15, -0.1) is 0 Å². The molecule has 0 aliphatic carbocycles. The van der Waals surface area contributed by atoms with Crippen LogP contribution in [0.25, 0.3) is 0 Å². The van der Waals surface area contributed by atoms with E-state index in [4.69, 9.17) is 4.74 Å². The molecule has 8 nitrogen and oxygen atoms in total. The van der Waals surface area contributed by atoms with Crippen LogP contribution in [-0.4, -0.2) is 77.6 Å². The van der Waals surface area contributed by atoms with Gasteiger partial charge in [0.25, 0.3) is 0 Å². The molecule has 1 aromatic rings. The van der Waals surface area contributed by atoms with Crippen LogP contribution in [-0.2, 0) is 25.5 Å². The number of piperidine rings is 1.